The molecule has 0 spiro atoms. The van der Waals surface area contributed by atoms with Gasteiger partial charge in [-0.3, -0.25) is 0 Å². The van der Waals surface area contributed by atoms with E-state index < -0.39 is 5.69 Å². The van der Waals surface area contributed by atoms with E-state index in [4.69, 9.17) is 17.3 Å². The third-order valence-electron chi connectivity index (χ3n) is 5.26. The Morgan fingerprint density at radius 1 is 1.00 bits per heavy atom. The van der Waals surface area contributed by atoms with Gasteiger partial charge in [-0.2, -0.15) is 10.2 Å². The molecule has 0 atom stereocenters. The quantitative estimate of drug-likeness (QED) is 0.368. The van der Waals surface area contributed by atoms with Crippen LogP contribution in [0.5, 0.6) is 0 Å². The maximum Gasteiger partial charge on any atom is 0.354 e. The fourth-order valence-electron chi connectivity index (χ4n) is 3.82. The normalized spacial score (nSPS) is 10.9. The van der Waals surface area contributed by atoms with Gasteiger partial charge in [-0.05, 0) is 52.9 Å². The number of nitrogens with two attached hydrogens (primary N) is 1. The number of halogens is 1. The van der Waals surface area contributed by atoms with E-state index in [0.717, 1.165) is 16.0 Å². The molecule has 7 heteroatoms. The van der Waals surface area contributed by atoms with Crippen molar-refractivity contribution in [1.29, 1.82) is 5.26 Å². The molecule has 5 rings (SSSR count). The molecule has 2 N–H and O–H groups in total. The molecule has 0 fully saturated rings. The van der Waals surface area contributed by atoms with E-state index in [-0.39, 0.29) is 11.3 Å². The Balaban J connectivity index is 1.96. The number of para-hydroxylation sites is 1. The second-order valence-corrected chi connectivity index (χ2v) is 8.50. The summed E-state index contributed by atoms with van der Waals surface area (Å²) in [5.74, 6) is 0.227. The van der Waals surface area contributed by atoms with Crippen molar-refractivity contribution >= 4 is 39.7 Å². The van der Waals surface area contributed by atoms with Crippen molar-refractivity contribution in [3.63, 3.8) is 0 Å². The molecule has 5 nitrogen and oxygen atoms in total. The smallest absolute Gasteiger partial charge is 0.354 e. The van der Waals surface area contributed by atoms with Crippen molar-refractivity contribution in [3.8, 4) is 33.3 Å². The van der Waals surface area contributed by atoms with Gasteiger partial charge in [0, 0.05) is 15.5 Å². The molecule has 0 radical (unpaired) electrons. The predicted molar refractivity (Wildman–Crippen MR) is 130 cm³/mol. The van der Waals surface area contributed by atoms with Gasteiger partial charge in [0.25, 0.3) is 0 Å². The summed E-state index contributed by atoms with van der Waals surface area (Å²) in [4.78, 5) is 18.3. The largest absolute Gasteiger partial charge is 0.384 e. The molecule has 0 amide bonds. The van der Waals surface area contributed by atoms with Crippen LogP contribution in [0.4, 0.5) is 5.82 Å². The Bertz CT molecular complexity index is 1550. The zero-order valence-electron chi connectivity index (χ0n) is 16.6. The summed E-state index contributed by atoms with van der Waals surface area (Å²) < 4.78 is 1.37. The number of nitrogen functional groups attached to an aromatic ring is 1. The number of fused-ring (bicyclic) bond motifs is 1. The molecule has 2 aromatic heterocycles. The van der Waals surface area contributed by atoms with Crippen LogP contribution in [-0.2, 0) is 0 Å². The Kier molecular flexibility index (Phi) is 4.98. The minimum atomic E-state index is -0.539. The predicted octanol–water partition coefficient (Wildman–Crippen LogP) is 5.89. The number of anilines is 1. The Hall–Kier alpha value is -3.92. The van der Waals surface area contributed by atoms with E-state index in [1.165, 1.54) is 15.9 Å². The van der Waals surface area contributed by atoms with Gasteiger partial charge in [0.1, 0.15) is 11.9 Å². The molecule has 5 aromatic rings. The second-order valence-electron chi connectivity index (χ2n) is 7.12. The van der Waals surface area contributed by atoms with Crippen molar-refractivity contribution in [3.05, 3.63) is 99.2 Å². The number of benzene rings is 3. The Morgan fingerprint density at radius 3 is 2.41 bits per heavy atom. The minimum Gasteiger partial charge on any atom is -0.384 e. The highest BCUT2D eigenvalue weighted by Crippen LogP contribution is 2.40. The van der Waals surface area contributed by atoms with Gasteiger partial charge >= 0.3 is 5.69 Å². The van der Waals surface area contributed by atoms with Crippen molar-refractivity contribution in [1.82, 2.24) is 9.55 Å². The van der Waals surface area contributed by atoms with E-state index in [1.54, 1.807) is 24.3 Å². The molecule has 3 aromatic carbocycles. The number of nitriles is 1. The molecule has 0 saturated carbocycles. The van der Waals surface area contributed by atoms with Crippen LogP contribution in [0.2, 0.25) is 5.02 Å². The van der Waals surface area contributed by atoms with Crippen molar-refractivity contribution in [2.24, 2.45) is 0 Å². The van der Waals surface area contributed by atoms with Gasteiger partial charge in [-0.15, -0.1) is 11.3 Å². The topological polar surface area (TPSA) is 84.7 Å². The highest BCUT2D eigenvalue weighted by Gasteiger charge is 2.21. The monoisotopic (exact) mass is 454 g/mol. The van der Waals surface area contributed by atoms with Crippen LogP contribution in [0.3, 0.4) is 0 Å². The molecule has 0 aliphatic carbocycles. The van der Waals surface area contributed by atoms with E-state index in [2.05, 4.69) is 11.1 Å². The highest BCUT2D eigenvalue weighted by molar-refractivity contribution is 7.13. The van der Waals surface area contributed by atoms with Crippen molar-refractivity contribution in [2.75, 3.05) is 5.73 Å². The second kappa shape index (κ2) is 7.97. The first-order chi connectivity index (χ1) is 15.6. The third kappa shape index (κ3) is 3.25. The first-order valence-corrected chi connectivity index (χ1v) is 11.0. The number of hydrogen-bond donors (Lipinski definition) is 1. The first-order valence-electron chi connectivity index (χ1n) is 9.73. The van der Waals surface area contributed by atoms with Gasteiger partial charge in [-0.1, -0.05) is 48.0 Å². The van der Waals surface area contributed by atoms with Crippen LogP contribution in [0, 0.1) is 11.3 Å². The molecule has 2 heterocycles. The summed E-state index contributed by atoms with van der Waals surface area (Å²) in [6.45, 7) is 0. The molecule has 154 valence electrons. The van der Waals surface area contributed by atoms with Gasteiger partial charge in [0.2, 0.25) is 0 Å². The van der Waals surface area contributed by atoms with Crippen LogP contribution in [0.25, 0.3) is 38.2 Å². The Morgan fingerprint density at radius 2 is 1.75 bits per heavy atom. The van der Waals surface area contributed by atoms with Gasteiger partial charge in [0.05, 0.1) is 22.2 Å². The highest BCUT2D eigenvalue weighted by atomic mass is 35.5. The number of aromatic nitrogens is 2. The summed E-state index contributed by atoms with van der Waals surface area (Å²) in [6, 6.07) is 24.5. The lowest BCUT2D eigenvalue weighted by Gasteiger charge is -2.17. The zero-order valence-corrected chi connectivity index (χ0v) is 18.2. The number of hydrogen-bond acceptors (Lipinski definition) is 5. The van der Waals surface area contributed by atoms with Crippen LogP contribution < -0.4 is 11.4 Å². The molecular weight excluding hydrogens is 440 g/mol. The lowest BCUT2D eigenvalue weighted by molar-refractivity contribution is 0.950. The SMILES string of the molecule is N#Cc1c(-c2cccs2)cc(-c2ccc(Cl)cc2)c2c(N)n(-c3ccccc3)c(=O)nc12. The maximum atomic E-state index is 13.1. The van der Waals surface area contributed by atoms with Crippen LogP contribution in [0.1, 0.15) is 5.56 Å². The fraction of sp³-hybridized carbons (Fsp3) is 0. The number of thiophene rings is 1. The van der Waals surface area contributed by atoms with E-state index >= 15 is 0 Å². The summed E-state index contributed by atoms with van der Waals surface area (Å²) in [6.07, 6.45) is 0. The Labute approximate surface area is 192 Å². The molecular formula is C25H15ClN4OS. The molecule has 0 bridgehead atoms. The average Bonchev–Trinajstić information content (AvgIpc) is 3.34. The van der Waals surface area contributed by atoms with E-state index in [1.807, 2.05) is 53.9 Å². The summed E-state index contributed by atoms with van der Waals surface area (Å²) >= 11 is 7.63. The van der Waals surface area contributed by atoms with E-state index in [0.29, 0.717) is 27.2 Å². The number of rotatable bonds is 3. The van der Waals surface area contributed by atoms with Gasteiger partial charge in [0.15, 0.2) is 0 Å². The number of nitrogens with zero attached hydrogens (tertiary/aromatic N) is 3. The van der Waals surface area contributed by atoms with Crippen molar-refractivity contribution < 1.29 is 0 Å². The zero-order chi connectivity index (χ0) is 22.2. The van der Waals surface area contributed by atoms with Gasteiger partial charge < -0.3 is 5.73 Å². The minimum absolute atomic E-state index is 0.227. The lowest BCUT2D eigenvalue weighted by Crippen LogP contribution is -2.24. The molecule has 0 saturated heterocycles. The van der Waals surface area contributed by atoms with Crippen LogP contribution in [0.15, 0.2) is 83.0 Å². The lowest BCUT2D eigenvalue weighted by atomic mass is 9.93. The van der Waals surface area contributed by atoms with Crippen LogP contribution >= 0.6 is 22.9 Å². The summed E-state index contributed by atoms with van der Waals surface area (Å²) in [5, 5.41) is 13.1. The third-order valence-corrected chi connectivity index (χ3v) is 6.42. The molecule has 0 aliphatic heterocycles. The summed E-state index contributed by atoms with van der Waals surface area (Å²) in [5.41, 5.74) is 9.62. The maximum absolute atomic E-state index is 13.1. The van der Waals surface area contributed by atoms with Crippen LogP contribution in [-0.4, -0.2) is 9.55 Å². The molecule has 0 unspecified atom stereocenters. The first kappa shape index (κ1) is 20.0. The standard InChI is InChI=1S/C25H15ClN4OS/c26-16-10-8-15(9-11-16)18-13-19(21-7-4-12-32-21)20(14-27)23-22(18)24(28)30(25(31)29-23)17-5-2-1-3-6-17/h1-13H,28H2. The average molecular weight is 455 g/mol. The fourth-order valence-corrected chi connectivity index (χ4v) is 4.70. The molecule has 0 aliphatic rings. The van der Waals surface area contributed by atoms with E-state index in [9.17, 15) is 10.1 Å². The summed E-state index contributed by atoms with van der Waals surface area (Å²) in [7, 11) is 0. The van der Waals surface area contributed by atoms with Gasteiger partial charge in [-0.25, -0.2) is 9.36 Å². The van der Waals surface area contributed by atoms with Crippen molar-refractivity contribution in [2.45, 2.75) is 0 Å². The molecule has 32 heavy (non-hydrogen) atoms.